The Bertz CT molecular complexity index is 781. The van der Waals surface area contributed by atoms with Gasteiger partial charge in [0.1, 0.15) is 11.8 Å². The van der Waals surface area contributed by atoms with Crippen molar-refractivity contribution in [3.05, 3.63) is 40.9 Å². The summed E-state index contributed by atoms with van der Waals surface area (Å²) in [6, 6.07) is 6.44. The molecule has 28 heavy (non-hydrogen) atoms. The highest BCUT2D eigenvalue weighted by molar-refractivity contribution is 8.02. The molecule has 0 spiro atoms. The lowest BCUT2D eigenvalue weighted by molar-refractivity contribution is -0.127. The fourth-order valence-corrected chi connectivity index (χ4v) is 3.89. The topological polar surface area (TPSA) is 99.8 Å². The van der Waals surface area contributed by atoms with E-state index in [2.05, 4.69) is 16.0 Å². The van der Waals surface area contributed by atoms with E-state index < -0.39 is 12.1 Å². The normalized spacial score (nSPS) is 21.2. The number of hydrogen-bond acceptors (Lipinski definition) is 6. The van der Waals surface area contributed by atoms with Gasteiger partial charge >= 0.3 is 6.03 Å². The predicted octanol–water partition coefficient (Wildman–Crippen LogP) is 1.54. The molecular weight excluding hydrogens is 380 g/mol. The molecule has 2 atom stereocenters. The highest BCUT2D eigenvalue weighted by Crippen LogP contribution is 2.19. The first kappa shape index (κ1) is 20.1. The molecule has 8 nitrogen and oxygen atoms in total. The van der Waals surface area contributed by atoms with Crippen LogP contribution in [0, 0.1) is 0 Å². The van der Waals surface area contributed by atoms with E-state index >= 15 is 0 Å². The number of carbonyl (C=O) groups excluding carboxylic acids is 3. The van der Waals surface area contributed by atoms with E-state index in [0.717, 1.165) is 17.0 Å². The Morgan fingerprint density at radius 3 is 2.64 bits per heavy atom. The van der Waals surface area contributed by atoms with Crippen LogP contribution in [0.4, 0.5) is 4.79 Å². The molecule has 0 aromatic heterocycles. The molecule has 3 N–H and O–H groups in total. The Kier molecular flexibility index (Phi) is 6.45. The maximum Gasteiger partial charge on any atom is 0.324 e. The van der Waals surface area contributed by atoms with Crippen LogP contribution < -0.4 is 20.7 Å². The number of carbonyl (C=O) groups is 3. The number of allylic oxidation sites excluding steroid dienone is 1. The van der Waals surface area contributed by atoms with Gasteiger partial charge < -0.3 is 20.7 Å². The second kappa shape index (κ2) is 9.01. The fraction of sp³-hybridized carbons (Fsp3) is 0.421. The van der Waals surface area contributed by atoms with Crippen LogP contribution in [0.15, 0.2) is 35.4 Å². The van der Waals surface area contributed by atoms with Crippen LogP contribution in [0.25, 0.3) is 0 Å². The SMILES string of the molecule is COc1ccc(CCN2C(=O)N[C@@H](CCC(=O)N[C@H]3NC(C)=CS3)C2=O)cc1. The molecule has 0 saturated carbocycles. The van der Waals surface area contributed by atoms with Crippen molar-refractivity contribution in [2.75, 3.05) is 13.7 Å². The van der Waals surface area contributed by atoms with Crippen molar-refractivity contribution < 1.29 is 19.1 Å². The summed E-state index contributed by atoms with van der Waals surface area (Å²) in [6.07, 6.45) is 1.01. The zero-order valence-electron chi connectivity index (χ0n) is 15.9. The lowest BCUT2D eigenvalue weighted by Crippen LogP contribution is -2.40. The van der Waals surface area contributed by atoms with Gasteiger partial charge in [0, 0.05) is 18.7 Å². The second-order valence-corrected chi connectivity index (χ2v) is 7.64. The van der Waals surface area contributed by atoms with Crippen LogP contribution in [0.3, 0.4) is 0 Å². The summed E-state index contributed by atoms with van der Waals surface area (Å²) in [5, 5.41) is 10.6. The summed E-state index contributed by atoms with van der Waals surface area (Å²) in [5.41, 5.74) is 1.83. The molecule has 4 amide bonds. The molecule has 2 aliphatic rings. The van der Waals surface area contributed by atoms with Gasteiger partial charge in [-0.15, -0.1) is 0 Å². The molecule has 1 aromatic rings. The molecule has 2 aliphatic heterocycles. The number of ether oxygens (including phenoxy) is 1. The van der Waals surface area contributed by atoms with Crippen molar-refractivity contribution in [1.82, 2.24) is 20.9 Å². The first-order valence-electron chi connectivity index (χ1n) is 9.09. The summed E-state index contributed by atoms with van der Waals surface area (Å²) in [6.45, 7) is 2.22. The average Bonchev–Trinajstić information content (AvgIpc) is 3.21. The van der Waals surface area contributed by atoms with Crippen LogP contribution in [0.2, 0.25) is 0 Å². The van der Waals surface area contributed by atoms with E-state index in [9.17, 15) is 14.4 Å². The number of benzene rings is 1. The van der Waals surface area contributed by atoms with Crippen molar-refractivity contribution >= 4 is 29.6 Å². The first-order valence-corrected chi connectivity index (χ1v) is 10.0. The molecule has 1 saturated heterocycles. The summed E-state index contributed by atoms with van der Waals surface area (Å²) in [4.78, 5) is 37.9. The van der Waals surface area contributed by atoms with Gasteiger partial charge in [0.05, 0.1) is 7.11 Å². The molecule has 1 fully saturated rings. The zero-order chi connectivity index (χ0) is 20.1. The molecule has 0 bridgehead atoms. The van der Waals surface area contributed by atoms with E-state index in [-0.39, 0.29) is 30.2 Å². The van der Waals surface area contributed by atoms with Gasteiger partial charge in [0.2, 0.25) is 5.91 Å². The minimum atomic E-state index is -0.654. The average molecular weight is 404 g/mol. The van der Waals surface area contributed by atoms with Gasteiger partial charge in [-0.1, -0.05) is 23.9 Å². The lowest BCUT2D eigenvalue weighted by atomic mass is 10.1. The van der Waals surface area contributed by atoms with E-state index in [1.165, 1.54) is 16.7 Å². The van der Waals surface area contributed by atoms with E-state index in [4.69, 9.17) is 4.74 Å². The fourth-order valence-electron chi connectivity index (χ4n) is 3.03. The number of amides is 4. The third-order valence-electron chi connectivity index (χ3n) is 4.58. The van der Waals surface area contributed by atoms with Crippen molar-refractivity contribution in [3.63, 3.8) is 0 Å². The minimum absolute atomic E-state index is 0.160. The predicted molar refractivity (Wildman–Crippen MR) is 106 cm³/mol. The molecule has 2 heterocycles. The Balaban J connectivity index is 1.44. The third kappa shape index (κ3) is 4.98. The lowest BCUT2D eigenvalue weighted by Gasteiger charge is -2.15. The second-order valence-electron chi connectivity index (χ2n) is 6.66. The van der Waals surface area contributed by atoms with Gasteiger partial charge in [-0.25, -0.2) is 4.79 Å². The van der Waals surface area contributed by atoms with Crippen molar-refractivity contribution in [2.45, 2.75) is 37.7 Å². The van der Waals surface area contributed by atoms with E-state index in [1.54, 1.807) is 7.11 Å². The van der Waals surface area contributed by atoms with Gasteiger partial charge in [-0.2, -0.15) is 0 Å². The molecule has 1 aromatic carbocycles. The third-order valence-corrected chi connectivity index (χ3v) is 5.58. The quantitative estimate of drug-likeness (QED) is 0.569. The molecule has 0 radical (unpaired) electrons. The number of methoxy groups -OCH3 is 1. The van der Waals surface area contributed by atoms with Gasteiger partial charge in [-0.3, -0.25) is 14.5 Å². The smallest absolute Gasteiger partial charge is 0.324 e. The number of thioether (sulfide) groups is 1. The molecule has 0 unspecified atom stereocenters. The van der Waals surface area contributed by atoms with Crippen molar-refractivity contribution in [3.8, 4) is 5.75 Å². The van der Waals surface area contributed by atoms with Gasteiger partial charge in [0.25, 0.3) is 5.91 Å². The van der Waals surface area contributed by atoms with Crippen molar-refractivity contribution in [1.29, 1.82) is 0 Å². The summed E-state index contributed by atoms with van der Waals surface area (Å²) >= 11 is 1.49. The summed E-state index contributed by atoms with van der Waals surface area (Å²) in [5.74, 6) is 0.318. The number of rotatable bonds is 8. The standard InChI is InChI=1S/C19H24N4O4S/c1-12-11-28-18(20-12)22-16(24)8-7-15-17(25)23(19(26)21-15)10-9-13-3-5-14(27-2)6-4-13/h3-6,11,15,18,20H,7-10H2,1-2H3,(H,21,26)(H,22,24)/t15-,18+/m0/s1. The Morgan fingerprint density at radius 1 is 1.25 bits per heavy atom. The van der Waals surface area contributed by atoms with E-state index in [0.29, 0.717) is 13.0 Å². The Morgan fingerprint density at radius 2 is 2.00 bits per heavy atom. The Hall–Kier alpha value is -2.68. The van der Waals surface area contributed by atoms with Crippen LogP contribution in [-0.4, -0.2) is 47.9 Å². The zero-order valence-corrected chi connectivity index (χ0v) is 16.7. The molecule has 150 valence electrons. The maximum atomic E-state index is 12.5. The maximum absolute atomic E-state index is 12.5. The number of imide groups is 1. The van der Waals surface area contributed by atoms with Crippen LogP contribution >= 0.6 is 11.8 Å². The van der Waals surface area contributed by atoms with Gasteiger partial charge in [-0.05, 0) is 42.9 Å². The largest absolute Gasteiger partial charge is 0.497 e. The number of nitrogens with one attached hydrogen (secondary N) is 3. The van der Waals surface area contributed by atoms with Crippen LogP contribution in [0.1, 0.15) is 25.3 Å². The van der Waals surface area contributed by atoms with Crippen LogP contribution in [-0.2, 0) is 16.0 Å². The Labute approximate surface area is 168 Å². The molecule has 9 heteroatoms. The minimum Gasteiger partial charge on any atom is -0.497 e. The molecule has 3 rings (SSSR count). The monoisotopic (exact) mass is 404 g/mol. The highest BCUT2D eigenvalue weighted by atomic mass is 32.2. The van der Waals surface area contributed by atoms with E-state index in [1.807, 2.05) is 36.6 Å². The van der Waals surface area contributed by atoms with Gasteiger partial charge in [0.15, 0.2) is 5.50 Å². The highest BCUT2D eigenvalue weighted by Gasteiger charge is 2.37. The summed E-state index contributed by atoms with van der Waals surface area (Å²) in [7, 11) is 1.60. The number of urea groups is 1. The molecular formula is C19H24N4O4S. The number of hydrogen-bond donors (Lipinski definition) is 3. The number of nitrogens with zero attached hydrogens (tertiary/aromatic N) is 1. The first-order chi connectivity index (χ1) is 13.5. The van der Waals surface area contributed by atoms with Crippen molar-refractivity contribution in [2.24, 2.45) is 0 Å². The summed E-state index contributed by atoms with van der Waals surface area (Å²) < 4.78 is 5.12. The molecule has 0 aliphatic carbocycles. The van der Waals surface area contributed by atoms with Crippen LogP contribution in [0.5, 0.6) is 5.75 Å².